The summed E-state index contributed by atoms with van der Waals surface area (Å²) in [6, 6.07) is 0.555. The van der Waals surface area contributed by atoms with Crippen molar-refractivity contribution < 1.29 is 13.0 Å². The number of hydrogen-bond acceptors (Lipinski definition) is 3. The Kier molecular flexibility index (Phi) is 4.31. The Morgan fingerprint density at radius 2 is 1.53 bits per heavy atom. The summed E-state index contributed by atoms with van der Waals surface area (Å²) in [5, 5.41) is 0. The van der Waals surface area contributed by atoms with Crippen molar-refractivity contribution in [2.75, 3.05) is 6.26 Å². The van der Waals surface area contributed by atoms with Gasteiger partial charge in [0.2, 0.25) is 0 Å². The topological polar surface area (TPSA) is 80.4 Å². The van der Waals surface area contributed by atoms with Gasteiger partial charge in [0.1, 0.15) is 0 Å². The highest BCUT2D eigenvalue weighted by atomic mass is 32.2. The number of allylic oxidation sites excluding steroid dienone is 2. The molecule has 0 spiro atoms. The Morgan fingerprint density at radius 3 is 1.87 bits per heavy atom. The van der Waals surface area contributed by atoms with Crippen LogP contribution in [-0.2, 0) is 10.1 Å². The van der Waals surface area contributed by atoms with E-state index in [-0.39, 0.29) is 0 Å². The first-order chi connectivity index (χ1) is 6.89. The van der Waals surface area contributed by atoms with Gasteiger partial charge in [-0.15, -0.1) is 0 Å². The third-order valence-electron chi connectivity index (χ3n) is 2.90. The lowest BCUT2D eigenvalue weighted by atomic mass is 10.1. The van der Waals surface area contributed by atoms with E-state index in [1.54, 1.807) is 0 Å². The SMILES string of the molecule is CS(=O)(=O)O.NC1C2CC/C=C\CCC12. The van der Waals surface area contributed by atoms with Crippen LogP contribution in [0.4, 0.5) is 0 Å². The highest BCUT2D eigenvalue weighted by Crippen LogP contribution is 2.44. The van der Waals surface area contributed by atoms with Crippen molar-refractivity contribution in [1.29, 1.82) is 0 Å². The molecule has 88 valence electrons. The van der Waals surface area contributed by atoms with Crippen LogP contribution in [0.25, 0.3) is 0 Å². The summed E-state index contributed by atoms with van der Waals surface area (Å²) in [5.41, 5.74) is 5.88. The smallest absolute Gasteiger partial charge is 0.261 e. The van der Waals surface area contributed by atoms with Gasteiger partial charge in [0.05, 0.1) is 6.26 Å². The quantitative estimate of drug-likeness (QED) is 0.486. The van der Waals surface area contributed by atoms with Gasteiger partial charge in [-0.3, -0.25) is 4.55 Å². The van der Waals surface area contributed by atoms with E-state index in [0.717, 1.165) is 11.8 Å². The van der Waals surface area contributed by atoms with Gasteiger partial charge in [-0.25, -0.2) is 0 Å². The molecule has 0 bridgehead atoms. The molecule has 0 radical (unpaired) electrons. The molecule has 3 N–H and O–H groups in total. The predicted molar refractivity (Wildman–Crippen MR) is 60.0 cm³/mol. The molecule has 2 aliphatic carbocycles. The molecule has 1 saturated carbocycles. The zero-order valence-corrected chi connectivity index (χ0v) is 9.78. The van der Waals surface area contributed by atoms with Gasteiger partial charge >= 0.3 is 0 Å². The Bertz CT molecular complexity index is 300. The van der Waals surface area contributed by atoms with E-state index in [0.29, 0.717) is 12.3 Å². The lowest BCUT2D eigenvalue weighted by molar-refractivity contribution is 0.490. The largest absolute Gasteiger partial charge is 0.327 e. The molecule has 2 aliphatic rings. The molecule has 2 unspecified atom stereocenters. The van der Waals surface area contributed by atoms with Crippen LogP contribution in [0.2, 0.25) is 0 Å². The second-order valence-corrected chi connectivity index (χ2v) is 5.73. The van der Waals surface area contributed by atoms with Gasteiger partial charge in [0, 0.05) is 6.04 Å². The molecular formula is C10H19NO3S. The molecule has 0 saturated heterocycles. The highest BCUT2D eigenvalue weighted by Gasteiger charge is 2.45. The minimum absolute atomic E-state index is 0.555. The molecule has 0 aliphatic heterocycles. The molecular weight excluding hydrogens is 214 g/mol. The fraction of sp³-hybridized carbons (Fsp3) is 0.800. The summed E-state index contributed by atoms with van der Waals surface area (Å²) in [6.07, 6.45) is 10.5. The normalized spacial score (nSPS) is 36.3. The average molecular weight is 233 g/mol. The van der Waals surface area contributed by atoms with Crippen molar-refractivity contribution in [3.8, 4) is 0 Å². The summed E-state index contributed by atoms with van der Waals surface area (Å²) in [6.45, 7) is 0. The van der Waals surface area contributed by atoms with E-state index >= 15 is 0 Å². The average Bonchev–Trinajstić information content (AvgIpc) is 2.53. The van der Waals surface area contributed by atoms with Crippen LogP contribution in [0.1, 0.15) is 25.7 Å². The molecule has 1 fully saturated rings. The lowest BCUT2D eigenvalue weighted by Gasteiger charge is -1.98. The van der Waals surface area contributed by atoms with Gasteiger partial charge in [-0.05, 0) is 37.5 Å². The summed E-state index contributed by atoms with van der Waals surface area (Å²) < 4.78 is 25.9. The molecule has 2 atom stereocenters. The second-order valence-electron chi connectivity index (χ2n) is 4.26. The van der Waals surface area contributed by atoms with E-state index < -0.39 is 10.1 Å². The number of hydrogen-bond donors (Lipinski definition) is 2. The molecule has 0 aromatic heterocycles. The summed E-state index contributed by atoms with van der Waals surface area (Å²) in [4.78, 5) is 0. The second kappa shape index (κ2) is 5.09. The summed E-state index contributed by atoms with van der Waals surface area (Å²) in [5.74, 6) is 1.76. The summed E-state index contributed by atoms with van der Waals surface area (Å²) in [7, 11) is -3.67. The van der Waals surface area contributed by atoms with Crippen molar-refractivity contribution in [2.45, 2.75) is 31.7 Å². The molecule has 4 nitrogen and oxygen atoms in total. The highest BCUT2D eigenvalue weighted by molar-refractivity contribution is 7.85. The Balaban J connectivity index is 0.000000195. The van der Waals surface area contributed by atoms with Crippen LogP contribution in [0.3, 0.4) is 0 Å². The van der Waals surface area contributed by atoms with Gasteiger partial charge in [-0.2, -0.15) is 8.42 Å². The fourth-order valence-corrected chi connectivity index (χ4v) is 2.10. The van der Waals surface area contributed by atoms with Crippen LogP contribution in [0.15, 0.2) is 12.2 Å². The van der Waals surface area contributed by atoms with Crippen molar-refractivity contribution in [1.82, 2.24) is 0 Å². The van der Waals surface area contributed by atoms with Crippen molar-refractivity contribution >= 4 is 10.1 Å². The van der Waals surface area contributed by atoms with E-state index in [4.69, 9.17) is 10.3 Å². The van der Waals surface area contributed by atoms with Crippen LogP contribution in [0.5, 0.6) is 0 Å². The number of rotatable bonds is 0. The third-order valence-corrected chi connectivity index (χ3v) is 2.90. The maximum absolute atomic E-state index is 9.19. The zero-order valence-electron chi connectivity index (χ0n) is 8.96. The minimum Gasteiger partial charge on any atom is -0.327 e. The third kappa shape index (κ3) is 5.30. The van der Waals surface area contributed by atoms with Crippen LogP contribution in [-0.4, -0.2) is 25.3 Å². The van der Waals surface area contributed by atoms with E-state index in [1.807, 2.05) is 0 Å². The van der Waals surface area contributed by atoms with Crippen LogP contribution in [0, 0.1) is 11.8 Å². The van der Waals surface area contributed by atoms with Gasteiger partial charge < -0.3 is 5.73 Å². The van der Waals surface area contributed by atoms with Crippen molar-refractivity contribution in [3.05, 3.63) is 12.2 Å². The monoisotopic (exact) mass is 233 g/mol. The van der Waals surface area contributed by atoms with Gasteiger partial charge in [-0.1, -0.05) is 12.2 Å². The van der Waals surface area contributed by atoms with Crippen LogP contribution < -0.4 is 5.73 Å². The summed E-state index contributed by atoms with van der Waals surface area (Å²) >= 11 is 0. The first kappa shape index (κ1) is 12.7. The molecule has 2 rings (SSSR count). The maximum Gasteiger partial charge on any atom is 0.261 e. The van der Waals surface area contributed by atoms with Crippen molar-refractivity contribution in [2.24, 2.45) is 17.6 Å². The fourth-order valence-electron chi connectivity index (χ4n) is 2.10. The predicted octanol–water partition coefficient (Wildman–Crippen LogP) is 1.19. The first-order valence-corrected chi connectivity index (χ1v) is 7.07. The van der Waals surface area contributed by atoms with Crippen molar-refractivity contribution in [3.63, 3.8) is 0 Å². The molecule has 15 heavy (non-hydrogen) atoms. The molecule has 0 aromatic rings. The molecule has 0 amide bonds. The zero-order chi connectivity index (χ0) is 11.5. The minimum atomic E-state index is -3.67. The Hall–Kier alpha value is -0.390. The van der Waals surface area contributed by atoms with E-state index in [2.05, 4.69) is 12.2 Å². The number of fused-ring (bicyclic) bond motifs is 1. The van der Waals surface area contributed by atoms with Crippen LogP contribution >= 0.6 is 0 Å². The van der Waals surface area contributed by atoms with Gasteiger partial charge in [0.25, 0.3) is 10.1 Å². The first-order valence-electron chi connectivity index (χ1n) is 5.22. The molecule has 5 heteroatoms. The molecule has 0 aromatic carbocycles. The van der Waals surface area contributed by atoms with E-state index in [1.165, 1.54) is 25.7 Å². The molecule has 0 heterocycles. The van der Waals surface area contributed by atoms with E-state index in [9.17, 15) is 8.42 Å². The Morgan fingerprint density at radius 1 is 1.20 bits per heavy atom. The number of nitrogens with two attached hydrogens (primary N) is 1. The van der Waals surface area contributed by atoms with Gasteiger partial charge in [0.15, 0.2) is 0 Å². The maximum atomic E-state index is 9.19. The Labute approximate surface area is 91.3 Å². The standard InChI is InChI=1S/C9H15N.CH4O3S/c10-9-7-5-3-1-2-4-6-8(7)9;1-5(2,3)4/h1-2,7-9H,3-6,10H2;1H3,(H,2,3,4)/b2-1-;. The lowest BCUT2D eigenvalue weighted by Crippen LogP contribution is -2.03.